The number of likely N-dealkylation sites (tertiary alicyclic amines) is 1. The SMILES string of the molecule is CCCN1CCC(Nc2ncnc3scc(-c4ccc(Cl)cc4)c23)CC1. The zero-order valence-electron chi connectivity index (χ0n) is 14.9. The number of hydrogen-bond donors (Lipinski definition) is 1. The third kappa shape index (κ3) is 3.70. The third-order valence-corrected chi connectivity index (χ3v) is 6.13. The van der Waals surface area contributed by atoms with Gasteiger partial charge in [-0.15, -0.1) is 11.3 Å². The van der Waals surface area contributed by atoms with Crippen molar-refractivity contribution in [2.75, 3.05) is 25.0 Å². The number of hydrogen-bond acceptors (Lipinski definition) is 5. The maximum atomic E-state index is 6.05. The maximum Gasteiger partial charge on any atom is 0.139 e. The normalized spacial score (nSPS) is 16.2. The topological polar surface area (TPSA) is 41.0 Å². The Hall–Kier alpha value is -1.69. The molecule has 0 unspecified atom stereocenters. The number of aromatic nitrogens is 2. The van der Waals surface area contributed by atoms with E-state index in [2.05, 4.69) is 44.6 Å². The Morgan fingerprint density at radius 2 is 1.96 bits per heavy atom. The summed E-state index contributed by atoms with van der Waals surface area (Å²) in [6.07, 6.45) is 5.21. The van der Waals surface area contributed by atoms with Crippen LogP contribution in [0, 0.1) is 0 Å². The molecule has 1 aliphatic rings. The first-order valence-electron chi connectivity index (χ1n) is 9.21. The Morgan fingerprint density at radius 1 is 1.19 bits per heavy atom. The molecule has 0 amide bonds. The molecule has 0 saturated carbocycles. The van der Waals surface area contributed by atoms with Crippen molar-refractivity contribution in [1.82, 2.24) is 14.9 Å². The fraction of sp³-hybridized carbons (Fsp3) is 0.400. The summed E-state index contributed by atoms with van der Waals surface area (Å²) >= 11 is 7.71. The Bertz CT molecular complexity index is 869. The highest BCUT2D eigenvalue weighted by atomic mass is 35.5. The molecule has 1 fully saturated rings. The van der Waals surface area contributed by atoms with Gasteiger partial charge in [0.1, 0.15) is 17.0 Å². The molecular formula is C20H23ClN4S. The van der Waals surface area contributed by atoms with Crippen LogP contribution < -0.4 is 5.32 Å². The van der Waals surface area contributed by atoms with Crippen LogP contribution in [0.15, 0.2) is 36.0 Å². The van der Waals surface area contributed by atoms with Gasteiger partial charge in [0, 0.05) is 35.1 Å². The van der Waals surface area contributed by atoms with Crippen LogP contribution in [-0.4, -0.2) is 40.5 Å². The fourth-order valence-electron chi connectivity index (χ4n) is 3.64. The number of piperidine rings is 1. The van der Waals surface area contributed by atoms with E-state index in [9.17, 15) is 0 Å². The van der Waals surface area contributed by atoms with Crippen molar-refractivity contribution in [2.24, 2.45) is 0 Å². The van der Waals surface area contributed by atoms with Gasteiger partial charge in [0.05, 0.1) is 5.39 Å². The largest absolute Gasteiger partial charge is 0.367 e. The third-order valence-electron chi connectivity index (χ3n) is 4.99. The minimum atomic E-state index is 0.471. The minimum absolute atomic E-state index is 0.471. The van der Waals surface area contributed by atoms with Crippen molar-refractivity contribution in [3.63, 3.8) is 0 Å². The molecule has 6 heteroatoms. The van der Waals surface area contributed by atoms with E-state index in [-0.39, 0.29) is 0 Å². The number of nitrogens with one attached hydrogen (secondary N) is 1. The van der Waals surface area contributed by atoms with E-state index in [1.807, 2.05) is 12.1 Å². The highest BCUT2D eigenvalue weighted by molar-refractivity contribution is 7.17. The first kappa shape index (κ1) is 17.7. The summed E-state index contributed by atoms with van der Waals surface area (Å²) < 4.78 is 0. The number of rotatable bonds is 5. The summed E-state index contributed by atoms with van der Waals surface area (Å²) in [5.74, 6) is 0.954. The van der Waals surface area contributed by atoms with E-state index in [1.165, 1.54) is 18.5 Å². The van der Waals surface area contributed by atoms with Gasteiger partial charge >= 0.3 is 0 Å². The molecular weight excluding hydrogens is 364 g/mol. The number of benzene rings is 1. The first-order chi connectivity index (χ1) is 12.7. The monoisotopic (exact) mass is 386 g/mol. The van der Waals surface area contributed by atoms with E-state index in [0.29, 0.717) is 6.04 Å². The lowest BCUT2D eigenvalue weighted by atomic mass is 10.0. The molecule has 0 bridgehead atoms. The lowest BCUT2D eigenvalue weighted by molar-refractivity contribution is 0.219. The summed E-state index contributed by atoms with van der Waals surface area (Å²) in [5, 5.41) is 7.73. The van der Waals surface area contributed by atoms with Crippen LogP contribution in [0.4, 0.5) is 5.82 Å². The molecule has 4 nitrogen and oxygen atoms in total. The molecule has 1 saturated heterocycles. The van der Waals surface area contributed by atoms with Crippen molar-refractivity contribution in [3.8, 4) is 11.1 Å². The van der Waals surface area contributed by atoms with Crippen molar-refractivity contribution in [3.05, 3.63) is 41.0 Å². The molecule has 0 radical (unpaired) electrons. The molecule has 0 atom stereocenters. The van der Waals surface area contributed by atoms with Crippen LogP contribution >= 0.6 is 22.9 Å². The van der Waals surface area contributed by atoms with E-state index >= 15 is 0 Å². The van der Waals surface area contributed by atoms with Crippen LogP contribution in [0.25, 0.3) is 21.3 Å². The molecule has 26 heavy (non-hydrogen) atoms. The lowest BCUT2D eigenvalue weighted by Gasteiger charge is -2.32. The van der Waals surface area contributed by atoms with Gasteiger partial charge < -0.3 is 10.2 Å². The molecule has 0 aliphatic carbocycles. The van der Waals surface area contributed by atoms with Gasteiger partial charge in [-0.25, -0.2) is 9.97 Å². The molecule has 1 N–H and O–H groups in total. The average Bonchev–Trinajstić information content (AvgIpc) is 3.09. The Labute approximate surface area is 163 Å². The molecule has 2 aromatic heterocycles. The molecule has 4 rings (SSSR count). The fourth-order valence-corrected chi connectivity index (χ4v) is 4.68. The molecule has 0 spiro atoms. The Balaban J connectivity index is 1.60. The van der Waals surface area contributed by atoms with Crippen LogP contribution in [0.5, 0.6) is 0 Å². The number of thiophene rings is 1. The van der Waals surface area contributed by atoms with Crippen molar-refractivity contribution in [2.45, 2.75) is 32.2 Å². The Kier molecular flexibility index (Phi) is 5.38. The zero-order chi connectivity index (χ0) is 17.9. The standard InChI is InChI=1S/C20H23ClN4S/c1-2-9-25-10-7-16(8-11-25)24-19-18-17(12-26-20(18)23-13-22-19)14-3-5-15(21)6-4-14/h3-6,12-13,16H,2,7-11H2,1H3,(H,22,23,24). The van der Waals surface area contributed by atoms with Gasteiger partial charge in [-0.05, 0) is 43.5 Å². The summed E-state index contributed by atoms with van der Waals surface area (Å²) in [6.45, 7) is 5.77. The van der Waals surface area contributed by atoms with Gasteiger partial charge in [-0.2, -0.15) is 0 Å². The van der Waals surface area contributed by atoms with Crippen molar-refractivity contribution >= 4 is 39.0 Å². The van der Waals surface area contributed by atoms with Crippen LogP contribution in [0.1, 0.15) is 26.2 Å². The second kappa shape index (κ2) is 7.91. The second-order valence-corrected chi connectivity index (χ2v) is 8.11. The van der Waals surface area contributed by atoms with E-state index < -0.39 is 0 Å². The summed E-state index contributed by atoms with van der Waals surface area (Å²) in [4.78, 5) is 12.6. The van der Waals surface area contributed by atoms with Crippen LogP contribution in [-0.2, 0) is 0 Å². The zero-order valence-corrected chi connectivity index (χ0v) is 16.5. The molecule has 3 heterocycles. The number of nitrogens with zero attached hydrogens (tertiary/aromatic N) is 3. The summed E-state index contributed by atoms with van der Waals surface area (Å²) in [7, 11) is 0. The van der Waals surface area contributed by atoms with Crippen LogP contribution in [0.2, 0.25) is 5.02 Å². The van der Waals surface area contributed by atoms with E-state index in [0.717, 1.165) is 52.6 Å². The number of anilines is 1. The average molecular weight is 387 g/mol. The summed E-state index contributed by atoms with van der Waals surface area (Å²) in [5.41, 5.74) is 2.32. The second-order valence-electron chi connectivity index (χ2n) is 6.82. The van der Waals surface area contributed by atoms with Gasteiger partial charge in [0.25, 0.3) is 0 Å². The minimum Gasteiger partial charge on any atom is -0.367 e. The first-order valence-corrected chi connectivity index (χ1v) is 10.5. The highest BCUT2D eigenvalue weighted by Crippen LogP contribution is 2.37. The predicted molar refractivity (Wildman–Crippen MR) is 111 cm³/mol. The summed E-state index contributed by atoms with van der Waals surface area (Å²) in [6, 6.07) is 8.45. The van der Waals surface area contributed by atoms with Gasteiger partial charge in [0.2, 0.25) is 0 Å². The van der Waals surface area contributed by atoms with E-state index in [1.54, 1.807) is 17.7 Å². The van der Waals surface area contributed by atoms with Gasteiger partial charge in [-0.3, -0.25) is 0 Å². The quantitative estimate of drug-likeness (QED) is 0.646. The molecule has 3 aromatic rings. The highest BCUT2D eigenvalue weighted by Gasteiger charge is 2.21. The number of halogens is 1. The van der Waals surface area contributed by atoms with Gasteiger partial charge in [-0.1, -0.05) is 30.7 Å². The van der Waals surface area contributed by atoms with Crippen molar-refractivity contribution in [1.29, 1.82) is 0 Å². The maximum absolute atomic E-state index is 6.05. The van der Waals surface area contributed by atoms with E-state index in [4.69, 9.17) is 11.6 Å². The number of fused-ring (bicyclic) bond motifs is 1. The van der Waals surface area contributed by atoms with Crippen LogP contribution in [0.3, 0.4) is 0 Å². The van der Waals surface area contributed by atoms with Gasteiger partial charge in [0.15, 0.2) is 0 Å². The molecule has 1 aliphatic heterocycles. The predicted octanol–water partition coefficient (Wildman–Crippen LogP) is 5.30. The van der Waals surface area contributed by atoms with Crippen molar-refractivity contribution < 1.29 is 0 Å². The molecule has 1 aromatic carbocycles. The smallest absolute Gasteiger partial charge is 0.139 e. The lowest BCUT2D eigenvalue weighted by Crippen LogP contribution is -2.39. The molecule has 136 valence electrons. The Morgan fingerprint density at radius 3 is 2.69 bits per heavy atom.